The molecule has 5 nitrogen and oxygen atoms in total. The summed E-state index contributed by atoms with van der Waals surface area (Å²) in [6.07, 6.45) is 0. The number of likely N-dealkylation sites (N-methyl/N-ethyl adjacent to an activating group) is 1. The Morgan fingerprint density at radius 1 is 1.03 bits per heavy atom. The van der Waals surface area contributed by atoms with Crippen molar-refractivity contribution < 1.29 is 23.6 Å². The van der Waals surface area contributed by atoms with Gasteiger partial charge < -0.3 is 19.7 Å². The summed E-state index contributed by atoms with van der Waals surface area (Å²) in [4.78, 5) is 14.1. The molecule has 3 aromatic carbocycles. The van der Waals surface area contributed by atoms with Crippen LogP contribution in [0, 0.1) is 5.82 Å². The molecule has 29 heavy (non-hydrogen) atoms. The Kier molecular flexibility index (Phi) is 5.44. The predicted molar refractivity (Wildman–Crippen MR) is 107 cm³/mol. The summed E-state index contributed by atoms with van der Waals surface area (Å²) in [5.41, 5.74) is 2.51. The Hall–Kier alpha value is -3.38. The van der Waals surface area contributed by atoms with Crippen LogP contribution in [0.15, 0.2) is 72.8 Å². The highest BCUT2D eigenvalue weighted by Gasteiger charge is 2.29. The molecule has 0 fully saturated rings. The van der Waals surface area contributed by atoms with Gasteiger partial charge in [-0.15, -0.1) is 0 Å². The number of halogens is 1. The van der Waals surface area contributed by atoms with Gasteiger partial charge in [0.1, 0.15) is 12.4 Å². The first-order valence-electron chi connectivity index (χ1n) is 9.42. The number of amides is 1. The van der Waals surface area contributed by atoms with Crippen LogP contribution >= 0.6 is 0 Å². The van der Waals surface area contributed by atoms with Gasteiger partial charge in [-0.1, -0.05) is 30.3 Å². The average molecular weight is 393 g/mol. The van der Waals surface area contributed by atoms with Gasteiger partial charge in [-0.25, -0.2) is 4.39 Å². The second-order valence-corrected chi connectivity index (χ2v) is 7.05. The zero-order valence-electron chi connectivity index (χ0n) is 16.0. The van der Waals surface area contributed by atoms with Crippen LogP contribution in [-0.2, 0) is 11.3 Å². The Balaban J connectivity index is 1.56. The molecule has 1 heterocycles. The number of carbonyl (C=O) groups excluding carboxylic acids is 1. The van der Waals surface area contributed by atoms with Crippen molar-refractivity contribution in [3.63, 3.8) is 0 Å². The van der Waals surface area contributed by atoms with Crippen molar-refractivity contribution in [1.29, 1.82) is 0 Å². The van der Waals surface area contributed by atoms with Crippen LogP contribution in [0.2, 0.25) is 0 Å². The maximum atomic E-state index is 13.2. The third-order valence-electron chi connectivity index (χ3n) is 4.92. The first-order valence-corrected chi connectivity index (χ1v) is 9.42. The summed E-state index contributed by atoms with van der Waals surface area (Å²) in [6, 6.07) is 20.8. The topological polar surface area (TPSA) is 52.0 Å². The van der Waals surface area contributed by atoms with E-state index in [2.05, 4.69) is 5.32 Å². The molecule has 0 bridgehead atoms. The van der Waals surface area contributed by atoms with E-state index in [1.165, 1.54) is 12.1 Å². The highest BCUT2D eigenvalue weighted by atomic mass is 19.1. The van der Waals surface area contributed by atoms with Crippen LogP contribution in [0.4, 0.5) is 10.1 Å². The highest BCUT2D eigenvalue weighted by molar-refractivity contribution is 5.94. The van der Waals surface area contributed by atoms with Crippen LogP contribution in [0.25, 0.3) is 0 Å². The highest BCUT2D eigenvalue weighted by Crippen LogP contribution is 2.32. The lowest BCUT2D eigenvalue weighted by Crippen LogP contribution is -3.09. The van der Waals surface area contributed by atoms with E-state index in [4.69, 9.17) is 9.47 Å². The quantitative estimate of drug-likeness (QED) is 0.677. The van der Waals surface area contributed by atoms with E-state index in [9.17, 15) is 9.18 Å². The molecule has 0 saturated carbocycles. The van der Waals surface area contributed by atoms with Crippen molar-refractivity contribution >= 4 is 11.6 Å². The molecule has 3 aromatic rings. The molecule has 1 amide bonds. The molecule has 0 spiro atoms. The van der Waals surface area contributed by atoms with Crippen molar-refractivity contribution in [2.45, 2.75) is 12.6 Å². The van der Waals surface area contributed by atoms with E-state index in [1.807, 2.05) is 55.6 Å². The fourth-order valence-corrected chi connectivity index (χ4v) is 3.53. The van der Waals surface area contributed by atoms with Crippen molar-refractivity contribution in [1.82, 2.24) is 0 Å². The zero-order chi connectivity index (χ0) is 20.2. The molecule has 2 N–H and O–H groups in total. The Labute approximate surface area is 168 Å². The van der Waals surface area contributed by atoms with E-state index < -0.39 is 6.04 Å². The van der Waals surface area contributed by atoms with Crippen LogP contribution in [-0.4, -0.2) is 19.7 Å². The lowest BCUT2D eigenvalue weighted by Gasteiger charge is -2.25. The number of ether oxygens (including phenoxy) is 2. The van der Waals surface area contributed by atoms with Crippen molar-refractivity contribution in [2.75, 3.05) is 19.2 Å². The van der Waals surface area contributed by atoms with Gasteiger partial charge >= 0.3 is 0 Å². The molecule has 0 radical (unpaired) electrons. The van der Waals surface area contributed by atoms with Crippen LogP contribution in [0.1, 0.15) is 17.2 Å². The van der Waals surface area contributed by atoms with Gasteiger partial charge in [0.2, 0.25) is 6.79 Å². The molecular formula is C23H22FN2O3+. The van der Waals surface area contributed by atoms with E-state index in [-0.39, 0.29) is 18.5 Å². The number of quaternary nitrogens is 1. The molecule has 0 saturated heterocycles. The first kappa shape index (κ1) is 19.0. The third kappa shape index (κ3) is 4.38. The number of nitrogens with one attached hydrogen (secondary N) is 2. The van der Waals surface area contributed by atoms with Crippen molar-refractivity contribution in [2.24, 2.45) is 0 Å². The second-order valence-electron chi connectivity index (χ2n) is 7.05. The fourth-order valence-electron chi connectivity index (χ4n) is 3.53. The molecule has 6 heteroatoms. The van der Waals surface area contributed by atoms with Crippen molar-refractivity contribution in [3.8, 4) is 11.5 Å². The first-order chi connectivity index (χ1) is 14.1. The monoisotopic (exact) mass is 393 g/mol. The number of fused-ring (bicyclic) bond motifs is 1. The van der Waals surface area contributed by atoms with E-state index >= 15 is 0 Å². The third-order valence-corrected chi connectivity index (χ3v) is 4.92. The lowest BCUT2D eigenvalue weighted by molar-refractivity contribution is -0.915. The molecule has 148 valence electrons. The number of hydrogen-bond donors (Lipinski definition) is 2. The standard InChI is InChI=1S/C23H21FN2O3/c1-26(14-16-7-12-20-21(13-16)29-15-28-20)22(17-5-3-2-4-6-17)23(27)25-19-10-8-18(24)9-11-19/h2-13,22H,14-15H2,1H3,(H,25,27)/p+1/t22-/m0/s1. The number of benzene rings is 3. The van der Waals surface area contributed by atoms with Crippen LogP contribution in [0.5, 0.6) is 11.5 Å². The molecule has 4 rings (SSSR count). The maximum absolute atomic E-state index is 13.2. The molecule has 0 aromatic heterocycles. The zero-order valence-corrected chi connectivity index (χ0v) is 16.0. The molecule has 1 unspecified atom stereocenters. The fraction of sp³-hybridized carbons (Fsp3) is 0.174. The SMILES string of the molecule is C[NH+](Cc1ccc2c(c1)OCO2)[C@H](C(=O)Nc1ccc(F)cc1)c1ccccc1. The minimum absolute atomic E-state index is 0.152. The second kappa shape index (κ2) is 8.32. The summed E-state index contributed by atoms with van der Waals surface area (Å²) in [5, 5.41) is 2.90. The summed E-state index contributed by atoms with van der Waals surface area (Å²) in [5.74, 6) is 0.969. The Morgan fingerprint density at radius 2 is 1.76 bits per heavy atom. The van der Waals surface area contributed by atoms with Crippen LogP contribution in [0.3, 0.4) is 0 Å². The van der Waals surface area contributed by atoms with E-state index in [1.54, 1.807) is 12.1 Å². The summed E-state index contributed by atoms with van der Waals surface area (Å²) in [6.45, 7) is 0.848. The number of carbonyl (C=O) groups is 1. The lowest BCUT2D eigenvalue weighted by atomic mass is 10.0. The number of anilines is 1. The normalized spacial score (nSPS) is 14.3. The van der Waals surface area contributed by atoms with E-state index in [0.29, 0.717) is 12.2 Å². The van der Waals surface area contributed by atoms with Gasteiger partial charge in [0, 0.05) is 16.8 Å². The Morgan fingerprint density at radius 3 is 2.52 bits per heavy atom. The van der Waals surface area contributed by atoms with Crippen LogP contribution < -0.4 is 19.7 Å². The van der Waals surface area contributed by atoms with Gasteiger partial charge in [0.15, 0.2) is 17.5 Å². The average Bonchev–Trinajstić information content (AvgIpc) is 3.18. The number of rotatable bonds is 6. The smallest absolute Gasteiger partial charge is 0.287 e. The van der Waals surface area contributed by atoms with Gasteiger partial charge in [-0.05, 0) is 42.5 Å². The summed E-state index contributed by atoms with van der Waals surface area (Å²) in [7, 11) is 1.98. The van der Waals surface area contributed by atoms with Gasteiger partial charge in [0.25, 0.3) is 5.91 Å². The largest absolute Gasteiger partial charge is 0.454 e. The molecular weight excluding hydrogens is 371 g/mol. The summed E-state index contributed by atoms with van der Waals surface area (Å²) >= 11 is 0. The molecule has 1 aliphatic heterocycles. The van der Waals surface area contributed by atoms with Gasteiger partial charge in [-0.3, -0.25) is 4.79 Å². The van der Waals surface area contributed by atoms with E-state index in [0.717, 1.165) is 27.5 Å². The molecule has 0 aliphatic carbocycles. The minimum atomic E-state index is -0.438. The van der Waals surface area contributed by atoms with Gasteiger partial charge in [0.05, 0.1) is 7.05 Å². The Bertz CT molecular complexity index is 993. The molecule has 1 aliphatic rings. The number of hydrogen-bond acceptors (Lipinski definition) is 3. The van der Waals surface area contributed by atoms with Gasteiger partial charge in [-0.2, -0.15) is 0 Å². The minimum Gasteiger partial charge on any atom is -0.454 e. The maximum Gasteiger partial charge on any atom is 0.287 e. The predicted octanol–water partition coefficient (Wildman–Crippen LogP) is 2.95. The summed E-state index contributed by atoms with van der Waals surface area (Å²) < 4.78 is 24.0. The van der Waals surface area contributed by atoms with Crippen molar-refractivity contribution in [3.05, 3.63) is 89.7 Å². The molecule has 2 atom stereocenters.